The van der Waals surface area contributed by atoms with Crippen LogP contribution in [0.15, 0.2) is 48.5 Å². The van der Waals surface area contributed by atoms with Crippen LogP contribution < -0.4 is 0 Å². The smallest absolute Gasteiger partial charge is 0.0583 e. The Bertz CT molecular complexity index is 502. The molecule has 0 aliphatic heterocycles. The number of benzene rings is 2. The van der Waals surface area contributed by atoms with Gasteiger partial charge in [-0.1, -0.05) is 53.6 Å². The van der Waals surface area contributed by atoms with Gasteiger partial charge >= 0.3 is 0 Å². The van der Waals surface area contributed by atoms with E-state index in [1.165, 1.54) is 11.1 Å². The summed E-state index contributed by atoms with van der Waals surface area (Å²) in [6.45, 7) is 2.08. The third kappa shape index (κ3) is 4.70. The van der Waals surface area contributed by atoms with E-state index in [0.717, 1.165) is 23.4 Å². The lowest BCUT2D eigenvalue weighted by molar-refractivity contribution is 0.165. The van der Waals surface area contributed by atoms with E-state index in [4.69, 9.17) is 11.6 Å². The highest BCUT2D eigenvalue weighted by Crippen LogP contribution is 2.14. The second-order valence-electron chi connectivity index (χ2n) is 5.01. The van der Waals surface area contributed by atoms with Gasteiger partial charge in [-0.2, -0.15) is 0 Å². The predicted molar refractivity (Wildman–Crippen MR) is 80.7 cm³/mol. The maximum Gasteiger partial charge on any atom is 0.0583 e. The molecular weight excluding hydrogens is 256 g/mol. The van der Waals surface area contributed by atoms with Crippen LogP contribution >= 0.6 is 11.6 Å². The van der Waals surface area contributed by atoms with Crippen LogP contribution in [0, 0.1) is 6.92 Å². The monoisotopic (exact) mass is 274 g/mol. The third-order valence-electron chi connectivity index (χ3n) is 3.27. The molecule has 2 aromatic rings. The molecule has 1 nitrogen and oxygen atoms in total. The summed E-state index contributed by atoms with van der Waals surface area (Å²) in [6.07, 6.45) is 2.08. The number of aliphatic hydroxyl groups is 1. The highest BCUT2D eigenvalue weighted by molar-refractivity contribution is 6.30. The molecule has 19 heavy (non-hydrogen) atoms. The summed E-state index contributed by atoms with van der Waals surface area (Å²) >= 11 is 5.84. The molecule has 0 amide bonds. The average Bonchev–Trinajstić information content (AvgIpc) is 2.41. The van der Waals surface area contributed by atoms with Gasteiger partial charge in [0.25, 0.3) is 0 Å². The quantitative estimate of drug-likeness (QED) is 0.867. The van der Waals surface area contributed by atoms with Gasteiger partial charge in [0.05, 0.1) is 6.10 Å². The largest absolute Gasteiger partial charge is 0.393 e. The van der Waals surface area contributed by atoms with E-state index in [2.05, 4.69) is 31.2 Å². The zero-order chi connectivity index (χ0) is 13.7. The van der Waals surface area contributed by atoms with Crippen molar-refractivity contribution >= 4 is 11.6 Å². The lowest BCUT2D eigenvalue weighted by Gasteiger charge is -2.11. The normalized spacial score (nSPS) is 12.4. The second-order valence-corrected chi connectivity index (χ2v) is 5.45. The first-order chi connectivity index (χ1) is 9.13. The number of hydrogen-bond acceptors (Lipinski definition) is 1. The molecule has 0 aromatic heterocycles. The molecule has 2 heteroatoms. The van der Waals surface area contributed by atoms with E-state index < -0.39 is 0 Å². The zero-order valence-corrected chi connectivity index (χ0v) is 11.9. The summed E-state index contributed by atoms with van der Waals surface area (Å²) < 4.78 is 0. The Morgan fingerprint density at radius 3 is 2.16 bits per heavy atom. The van der Waals surface area contributed by atoms with Gasteiger partial charge in [0, 0.05) is 5.02 Å². The molecule has 2 rings (SSSR count). The Hall–Kier alpha value is -1.31. The van der Waals surface area contributed by atoms with Crippen molar-refractivity contribution in [2.75, 3.05) is 0 Å². The van der Waals surface area contributed by atoms with Crippen LogP contribution in [0.25, 0.3) is 0 Å². The molecule has 1 N–H and O–H groups in total. The molecule has 0 heterocycles. The lowest BCUT2D eigenvalue weighted by Crippen LogP contribution is -2.11. The van der Waals surface area contributed by atoms with Crippen molar-refractivity contribution in [3.63, 3.8) is 0 Å². The van der Waals surface area contributed by atoms with Crippen LogP contribution in [0.1, 0.15) is 23.1 Å². The van der Waals surface area contributed by atoms with Crippen molar-refractivity contribution in [2.24, 2.45) is 0 Å². The van der Waals surface area contributed by atoms with Crippen LogP contribution in [-0.2, 0) is 12.8 Å². The Labute approximate surface area is 119 Å². The molecule has 1 unspecified atom stereocenters. The summed E-state index contributed by atoms with van der Waals surface area (Å²) in [6, 6.07) is 16.2. The lowest BCUT2D eigenvalue weighted by atomic mass is 10.0. The van der Waals surface area contributed by atoms with E-state index in [0.29, 0.717) is 6.42 Å². The number of aliphatic hydroxyl groups excluding tert-OH is 1. The molecule has 1 atom stereocenters. The van der Waals surface area contributed by atoms with Crippen molar-refractivity contribution in [1.29, 1.82) is 0 Å². The fourth-order valence-corrected chi connectivity index (χ4v) is 2.21. The first kappa shape index (κ1) is 14.1. The van der Waals surface area contributed by atoms with Gasteiger partial charge in [0.2, 0.25) is 0 Å². The summed E-state index contributed by atoms with van der Waals surface area (Å²) in [5.74, 6) is 0. The minimum absolute atomic E-state index is 0.303. The predicted octanol–water partition coefficient (Wildman–Crippen LogP) is 4.18. The van der Waals surface area contributed by atoms with Crippen LogP contribution in [0.3, 0.4) is 0 Å². The minimum atomic E-state index is -0.303. The fraction of sp³-hybridized carbons (Fsp3) is 0.294. The van der Waals surface area contributed by atoms with Crippen molar-refractivity contribution in [1.82, 2.24) is 0 Å². The Morgan fingerprint density at radius 2 is 1.53 bits per heavy atom. The van der Waals surface area contributed by atoms with E-state index in [9.17, 15) is 5.11 Å². The van der Waals surface area contributed by atoms with Gasteiger partial charge in [0.15, 0.2) is 0 Å². The Kier molecular flexibility index (Phi) is 5.00. The highest BCUT2D eigenvalue weighted by Gasteiger charge is 2.06. The van der Waals surface area contributed by atoms with Gasteiger partial charge in [-0.05, 0) is 49.4 Å². The minimum Gasteiger partial charge on any atom is -0.393 e. The van der Waals surface area contributed by atoms with Gasteiger partial charge in [-0.15, -0.1) is 0 Å². The molecule has 0 fully saturated rings. The third-order valence-corrected chi connectivity index (χ3v) is 3.52. The molecule has 0 saturated heterocycles. The van der Waals surface area contributed by atoms with Crippen molar-refractivity contribution in [3.05, 3.63) is 70.2 Å². The van der Waals surface area contributed by atoms with Crippen LogP contribution in [0.2, 0.25) is 5.02 Å². The van der Waals surface area contributed by atoms with Crippen molar-refractivity contribution < 1.29 is 5.11 Å². The number of hydrogen-bond donors (Lipinski definition) is 1. The molecule has 0 bridgehead atoms. The first-order valence-electron chi connectivity index (χ1n) is 6.61. The van der Waals surface area contributed by atoms with Gasteiger partial charge in [-0.25, -0.2) is 0 Å². The molecule has 0 aliphatic rings. The number of aryl methyl sites for hydroxylation is 2. The maximum absolute atomic E-state index is 10.1. The highest BCUT2D eigenvalue weighted by atomic mass is 35.5. The van der Waals surface area contributed by atoms with E-state index in [-0.39, 0.29) is 6.10 Å². The topological polar surface area (TPSA) is 20.2 Å². The first-order valence-corrected chi connectivity index (χ1v) is 6.99. The molecule has 100 valence electrons. The average molecular weight is 275 g/mol. The van der Waals surface area contributed by atoms with E-state index in [1.807, 2.05) is 24.3 Å². The Balaban J connectivity index is 1.82. The van der Waals surface area contributed by atoms with Gasteiger partial charge in [-0.3, -0.25) is 0 Å². The van der Waals surface area contributed by atoms with Crippen LogP contribution in [0.5, 0.6) is 0 Å². The SMILES string of the molecule is Cc1ccc(CCC(O)Cc2ccc(Cl)cc2)cc1. The number of halogens is 1. The molecule has 0 saturated carbocycles. The van der Waals surface area contributed by atoms with Crippen LogP contribution in [-0.4, -0.2) is 11.2 Å². The maximum atomic E-state index is 10.1. The summed E-state index contributed by atoms with van der Waals surface area (Å²) in [4.78, 5) is 0. The van der Waals surface area contributed by atoms with E-state index >= 15 is 0 Å². The summed E-state index contributed by atoms with van der Waals surface area (Å²) in [7, 11) is 0. The summed E-state index contributed by atoms with van der Waals surface area (Å²) in [5.41, 5.74) is 3.67. The van der Waals surface area contributed by atoms with Crippen molar-refractivity contribution in [3.8, 4) is 0 Å². The fourth-order valence-electron chi connectivity index (χ4n) is 2.08. The zero-order valence-electron chi connectivity index (χ0n) is 11.1. The molecule has 0 spiro atoms. The Morgan fingerprint density at radius 1 is 0.947 bits per heavy atom. The molecule has 0 radical (unpaired) electrons. The van der Waals surface area contributed by atoms with E-state index in [1.54, 1.807) is 0 Å². The number of rotatable bonds is 5. The van der Waals surface area contributed by atoms with Crippen LogP contribution in [0.4, 0.5) is 0 Å². The summed E-state index contributed by atoms with van der Waals surface area (Å²) in [5, 5.41) is 10.8. The molecule has 0 aliphatic carbocycles. The second kappa shape index (κ2) is 6.74. The van der Waals surface area contributed by atoms with Gasteiger partial charge in [0.1, 0.15) is 0 Å². The van der Waals surface area contributed by atoms with Crippen molar-refractivity contribution in [2.45, 2.75) is 32.3 Å². The molecule has 2 aromatic carbocycles. The van der Waals surface area contributed by atoms with Gasteiger partial charge < -0.3 is 5.11 Å². The standard InChI is InChI=1S/C17H19ClO/c1-13-2-4-14(5-3-13)8-11-17(19)12-15-6-9-16(18)10-7-15/h2-7,9-10,17,19H,8,11-12H2,1H3. The molecular formula is C17H19ClO.